The van der Waals surface area contributed by atoms with Crippen molar-refractivity contribution in [2.45, 2.75) is 38.4 Å². The highest BCUT2D eigenvalue weighted by Gasteiger charge is 2.12. The first-order chi connectivity index (χ1) is 8.93. The predicted octanol–water partition coefficient (Wildman–Crippen LogP) is 4.16. The molecule has 1 fully saturated rings. The summed E-state index contributed by atoms with van der Waals surface area (Å²) in [6, 6.07) is 0. The summed E-state index contributed by atoms with van der Waals surface area (Å²) in [6.07, 6.45) is 19.7. The molecule has 2 nitrogen and oxygen atoms in total. The molecule has 1 unspecified atom stereocenters. The normalized spacial score (nSPS) is 21.2. The van der Waals surface area contributed by atoms with Gasteiger partial charge in [0.1, 0.15) is 0 Å². The van der Waals surface area contributed by atoms with Gasteiger partial charge in [0.2, 0.25) is 0 Å². The lowest BCUT2D eigenvalue weighted by molar-refractivity contribution is -0.155. The van der Waals surface area contributed by atoms with E-state index in [0.717, 1.165) is 25.9 Å². The molecular weight excluding hydrogens is 224 g/mol. The van der Waals surface area contributed by atoms with Gasteiger partial charge in [0.15, 0.2) is 6.29 Å². The number of rotatable bonds is 8. The topological polar surface area (TPSA) is 18.5 Å². The van der Waals surface area contributed by atoms with Gasteiger partial charge in [-0.3, -0.25) is 0 Å². The van der Waals surface area contributed by atoms with E-state index in [4.69, 9.17) is 9.47 Å². The molecule has 1 saturated heterocycles. The van der Waals surface area contributed by atoms with Crippen molar-refractivity contribution in [2.75, 3.05) is 13.2 Å². The van der Waals surface area contributed by atoms with Crippen LogP contribution in [0.2, 0.25) is 0 Å². The minimum atomic E-state index is 0.0167. The number of hydrogen-bond donors (Lipinski definition) is 0. The maximum Gasteiger partial charge on any atom is 0.157 e. The first-order valence-electron chi connectivity index (χ1n) is 6.74. The van der Waals surface area contributed by atoms with Crippen LogP contribution in [0.1, 0.15) is 32.1 Å². The highest BCUT2D eigenvalue weighted by molar-refractivity contribution is 5.02. The van der Waals surface area contributed by atoms with E-state index in [-0.39, 0.29) is 6.29 Å². The van der Waals surface area contributed by atoms with Gasteiger partial charge >= 0.3 is 0 Å². The van der Waals surface area contributed by atoms with Crippen molar-refractivity contribution in [3.8, 4) is 0 Å². The lowest BCUT2D eigenvalue weighted by atomic mass is 10.2. The van der Waals surface area contributed by atoms with Gasteiger partial charge in [-0.25, -0.2) is 0 Å². The molecule has 0 spiro atoms. The van der Waals surface area contributed by atoms with E-state index in [9.17, 15) is 0 Å². The van der Waals surface area contributed by atoms with Crippen LogP contribution in [0.15, 0.2) is 49.1 Å². The summed E-state index contributed by atoms with van der Waals surface area (Å²) in [5.74, 6) is 0. The van der Waals surface area contributed by atoms with Crippen molar-refractivity contribution >= 4 is 0 Å². The average molecular weight is 248 g/mol. The van der Waals surface area contributed by atoms with E-state index in [0.29, 0.717) is 6.61 Å². The third kappa shape index (κ3) is 8.04. The van der Waals surface area contributed by atoms with Crippen LogP contribution in [0.5, 0.6) is 0 Å². The van der Waals surface area contributed by atoms with Gasteiger partial charge in [0.25, 0.3) is 0 Å². The third-order valence-corrected chi connectivity index (χ3v) is 2.67. The smallest absolute Gasteiger partial charge is 0.157 e. The van der Waals surface area contributed by atoms with Crippen molar-refractivity contribution in [3.05, 3.63) is 49.1 Å². The molecule has 1 aliphatic rings. The minimum Gasteiger partial charge on any atom is -0.353 e. The maximum atomic E-state index is 5.59. The molecular formula is C16H24O2. The van der Waals surface area contributed by atoms with Crippen molar-refractivity contribution in [1.29, 1.82) is 0 Å². The molecule has 0 aromatic heterocycles. The zero-order valence-corrected chi connectivity index (χ0v) is 11.1. The van der Waals surface area contributed by atoms with Crippen LogP contribution in [0, 0.1) is 0 Å². The highest BCUT2D eigenvalue weighted by Crippen LogP contribution is 2.13. The third-order valence-electron chi connectivity index (χ3n) is 2.67. The Kier molecular flexibility index (Phi) is 9.13. The van der Waals surface area contributed by atoms with Gasteiger partial charge in [0.05, 0.1) is 6.61 Å². The van der Waals surface area contributed by atoms with Crippen molar-refractivity contribution in [1.82, 2.24) is 0 Å². The summed E-state index contributed by atoms with van der Waals surface area (Å²) >= 11 is 0. The summed E-state index contributed by atoms with van der Waals surface area (Å²) in [5.41, 5.74) is 0. The monoisotopic (exact) mass is 248 g/mol. The Bertz CT molecular complexity index is 283. The van der Waals surface area contributed by atoms with Crippen molar-refractivity contribution < 1.29 is 9.47 Å². The van der Waals surface area contributed by atoms with Crippen LogP contribution in [0.25, 0.3) is 0 Å². The summed E-state index contributed by atoms with van der Waals surface area (Å²) in [5, 5.41) is 0. The Morgan fingerprint density at radius 3 is 2.56 bits per heavy atom. The molecule has 1 rings (SSSR count). The Labute approximate surface area is 111 Å². The van der Waals surface area contributed by atoms with Crippen LogP contribution < -0.4 is 0 Å². The Hall–Kier alpha value is -1.12. The zero-order valence-electron chi connectivity index (χ0n) is 11.1. The van der Waals surface area contributed by atoms with Crippen LogP contribution in [-0.4, -0.2) is 19.5 Å². The molecule has 100 valence electrons. The Morgan fingerprint density at radius 1 is 1.06 bits per heavy atom. The summed E-state index contributed by atoms with van der Waals surface area (Å²) in [6.45, 7) is 5.11. The second kappa shape index (κ2) is 11.0. The molecule has 0 aromatic carbocycles. The molecule has 1 aliphatic heterocycles. The lowest BCUT2D eigenvalue weighted by Gasteiger charge is -2.21. The number of ether oxygens (including phenoxy) is 2. The van der Waals surface area contributed by atoms with Gasteiger partial charge in [-0.2, -0.15) is 0 Å². The van der Waals surface area contributed by atoms with Crippen molar-refractivity contribution in [3.63, 3.8) is 0 Å². The SMILES string of the molecule is C=C/C=C\C/C=C\C/C=C\COC1CCCCO1. The van der Waals surface area contributed by atoms with Gasteiger partial charge in [-0.1, -0.05) is 49.1 Å². The average Bonchev–Trinajstić information content (AvgIpc) is 2.42. The molecule has 18 heavy (non-hydrogen) atoms. The van der Waals surface area contributed by atoms with Gasteiger partial charge in [-0.15, -0.1) is 0 Å². The van der Waals surface area contributed by atoms with Gasteiger partial charge in [-0.05, 0) is 32.1 Å². The van der Waals surface area contributed by atoms with E-state index < -0.39 is 0 Å². The Balaban J connectivity index is 1.96. The molecule has 2 heteroatoms. The summed E-state index contributed by atoms with van der Waals surface area (Å²) in [4.78, 5) is 0. The fourth-order valence-electron chi connectivity index (χ4n) is 1.69. The van der Waals surface area contributed by atoms with E-state index in [2.05, 4.69) is 37.0 Å². The van der Waals surface area contributed by atoms with E-state index >= 15 is 0 Å². The first kappa shape index (κ1) is 14.9. The molecule has 1 heterocycles. The molecule has 0 aromatic rings. The quantitative estimate of drug-likeness (QED) is 0.474. The standard InChI is InChI=1S/C16H24O2/c1-2-3-4-5-6-7-8-9-11-14-17-16-13-10-12-15-18-16/h2-4,6-7,9,11,16H,1,5,8,10,12-15H2/b4-3-,7-6-,11-9-. The molecule has 0 radical (unpaired) electrons. The van der Waals surface area contributed by atoms with Crippen LogP contribution in [0.3, 0.4) is 0 Å². The van der Waals surface area contributed by atoms with Crippen LogP contribution >= 0.6 is 0 Å². The van der Waals surface area contributed by atoms with Crippen LogP contribution in [0.4, 0.5) is 0 Å². The Morgan fingerprint density at radius 2 is 1.83 bits per heavy atom. The molecule has 0 amide bonds. The summed E-state index contributed by atoms with van der Waals surface area (Å²) < 4.78 is 11.1. The molecule has 1 atom stereocenters. The van der Waals surface area contributed by atoms with Gasteiger partial charge < -0.3 is 9.47 Å². The number of allylic oxidation sites excluding steroid dienone is 6. The zero-order chi connectivity index (χ0) is 12.9. The second-order valence-electron chi connectivity index (χ2n) is 4.21. The molecule has 0 aliphatic carbocycles. The van der Waals surface area contributed by atoms with Gasteiger partial charge in [0, 0.05) is 6.61 Å². The second-order valence-corrected chi connectivity index (χ2v) is 4.21. The van der Waals surface area contributed by atoms with E-state index in [1.165, 1.54) is 12.8 Å². The summed E-state index contributed by atoms with van der Waals surface area (Å²) in [7, 11) is 0. The van der Waals surface area contributed by atoms with E-state index in [1.54, 1.807) is 6.08 Å². The van der Waals surface area contributed by atoms with Crippen LogP contribution in [-0.2, 0) is 9.47 Å². The lowest BCUT2D eigenvalue weighted by Crippen LogP contribution is -2.22. The fraction of sp³-hybridized carbons (Fsp3) is 0.500. The van der Waals surface area contributed by atoms with Crippen molar-refractivity contribution in [2.24, 2.45) is 0 Å². The number of hydrogen-bond acceptors (Lipinski definition) is 2. The van der Waals surface area contributed by atoms with E-state index in [1.807, 2.05) is 6.08 Å². The molecule has 0 N–H and O–H groups in total. The maximum absolute atomic E-state index is 5.59. The minimum absolute atomic E-state index is 0.0167. The molecule has 0 bridgehead atoms. The fourth-order valence-corrected chi connectivity index (χ4v) is 1.69. The highest BCUT2D eigenvalue weighted by atomic mass is 16.7. The largest absolute Gasteiger partial charge is 0.353 e. The predicted molar refractivity (Wildman–Crippen MR) is 76.4 cm³/mol. The first-order valence-corrected chi connectivity index (χ1v) is 6.74. The molecule has 0 saturated carbocycles.